The Morgan fingerprint density at radius 1 is 1.19 bits per heavy atom. The quantitative estimate of drug-likeness (QED) is 0.295. The monoisotopic (exact) mass is 518 g/mol. The van der Waals surface area contributed by atoms with Crippen LogP contribution in [0.15, 0.2) is 59.0 Å². The molecule has 1 fully saturated rings. The van der Waals surface area contributed by atoms with Crippen molar-refractivity contribution >= 4 is 52.2 Å². The zero-order chi connectivity index (χ0) is 25.8. The highest BCUT2D eigenvalue weighted by atomic mass is 32.2. The molecule has 0 bridgehead atoms. The Morgan fingerprint density at radius 2 is 1.95 bits per heavy atom. The van der Waals surface area contributed by atoms with Gasteiger partial charge in [-0.05, 0) is 77.8 Å². The Labute approximate surface area is 216 Å². The lowest BCUT2D eigenvalue weighted by atomic mass is 9.79. The van der Waals surface area contributed by atoms with Crippen LogP contribution in [-0.2, 0) is 22.6 Å². The van der Waals surface area contributed by atoms with E-state index in [1.165, 1.54) is 12.1 Å². The molecular formula is C27H24BFN2O5S. The van der Waals surface area contributed by atoms with Gasteiger partial charge in [0.25, 0.3) is 5.91 Å². The average Bonchev–Trinajstić information content (AvgIpc) is 3.58. The number of nitrogens with one attached hydrogen (secondary N) is 1. The van der Waals surface area contributed by atoms with Crippen LogP contribution in [0.1, 0.15) is 40.2 Å². The van der Waals surface area contributed by atoms with Crippen molar-refractivity contribution in [3.63, 3.8) is 0 Å². The summed E-state index contributed by atoms with van der Waals surface area (Å²) in [6.45, 7) is 0.276. The summed E-state index contributed by atoms with van der Waals surface area (Å²) in [6, 6.07) is 15.1. The zero-order valence-electron chi connectivity index (χ0n) is 20.3. The molecule has 0 saturated heterocycles. The molecule has 6 rings (SSSR count). The van der Waals surface area contributed by atoms with Crippen molar-refractivity contribution in [3.05, 3.63) is 77.1 Å². The third-order valence-electron chi connectivity index (χ3n) is 6.91. The van der Waals surface area contributed by atoms with Crippen LogP contribution >= 0.6 is 0 Å². The predicted octanol–water partition coefficient (Wildman–Crippen LogP) is 4.13. The van der Waals surface area contributed by atoms with Gasteiger partial charge in [-0.1, -0.05) is 6.07 Å². The van der Waals surface area contributed by atoms with Crippen LogP contribution in [0.4, 0.5) is 15.8 Å². The molecule has 4 aromatic rings. The molecule has 0 radical (unpaired) electrons. The smallest absolute Gasteiger partial charge is 0.491 e. The van der Waals surface area contributed by atoms with E-state index >= 15 is 0 Å². The van der Waals surface area contributed by atoms with Gasteiger partial charge in [0.2, 0.25) is 0 Å². The number of benzene rings is 3. The first-order valence-electron chi connectivity index (χ1n) is 12.0. The van der Waals surface area contributed by atoms with Gasteiger partial charge in [-0.2, -0.15) is 4.31 Å². The second-order valence-electron chi connectivity index (χ2n) is 9.34. The van der Waals surface area contributed by atoms with Crippen molar-refractivity contribution in [2.24, 2.45) is 0 Å². The van der Waals surface area contributed by atoms with Gasteiger partial charge < -0.3 is 24.0 Å². The maximum Gasteiger partial charge on any atom is 0.491 e. The molecule has 37 heavy (non-hydrogen) atoms. The maximum absolute atomic E-state index is 13.6. The molecule has 3 aromatic carbocycles. The molecule has 2 aliphatic rings. The molecule has 1 aromatic heterocycles. The van der Waals surface area contributed by atoms with Gasteiger partial charge in [-0.25, -0.2) is 4.39 Å². The Balaban J connectivity index is 1.55. The van der Waals surface area contributed by atoms with E-state index in [2.05, 4.69) is 5.32 Å². The van der Waals surface area contributed by atoms with E-state index in [0.717, 1.165) is 29.7 Å². The first-order chi connectivity index (χ1) is 17.9. The highest BCUT2D eigenvalue weighted by Gasteiger charge is 2.35. The predicted molar refractivity (Wildman–Crippen MR) is 142 cm³/mol. The number of hydrogen-bond acceptors (Lipinski definition) is 6. The number of anilines is 2. The summed E-state index contributed by atoms with van der Waals surface area (Å²) in [5, 5.41) is 13.4. The molecule has 2 N–H and O–H groups in total. The van der Waals surface area contributed by atoms with Gasteiger partial charge in [0.1, 0.15) is 23.4 Å². The summed E-state index contributed by atoms with van der Waals surface area (Å²) in [4.78, 5) is 13.0. The average molecular weight is 518 g/mol. The molecule has 7 nitrogen and oxygen atoms in total. The normalized spacial score (nSPS) is 15.6. The largest absolute Gasteiger partial charge is 0.593 e. The number of amides is 1. The van der Waals surface area contributed by atoms with E-state index in [4.69, 9.17) is 9.07 Å². The third kappa shape index (κ3) is 4.19. The number of rotatable bonds is 6. The minimum Gasteiger partial charge on any atom is -0.593 e. The number of hydrogen-bond donors (Lipinski definition) is 2. The highest BCUT2D eigenvalue weighted by Crippen LogP contribution is 2.49. The zero-order valence-corrected chi connectivity index (χ0v) is 21.1. The van der Waals surface area contributed by atoms with Gasteiger partial charge in [0.15, 0.2) is 0 Å². The molecule has 188 valence electrons. The Bertz CT molecular complexity index is 1520. The first-order valence-corrected chi connectivity index (χ1v) is 13.5. The summed E-state index contributed by atoms with van der Waals surface area (Å²) >= 11 is -1.43. The van der Waals surface area contributed by atoms with Crippen molar-refractivity contribution in [1.29, 1.82) is 0 Å². The minimum absolute atomic E-state index is 0.270. The first kappa shape index (κ1) is 24.1. The summed E-state index contributed by atoms with van der Waals surface area (Å²) < 4.78 is 40.1. The number of carbonyl (C=O) groups is 1. The van der Waals surface area contributed by atoms with E-state index in [1.54, 1.807) is 35.8 Å². The summed E-state index contributed by atoms with van der Waals surface area (Å²) in [6.07, 6.45) is 3.59. The lowest BCUT2D eigenvalue weighted by Crippen LogP contribution is -2.29. The van der Waals surface area contributed by atoms with Crippen LogP contribution in [0, 0.1) is 5.82 Å². The van der Waals surface area contributed by atoms with Gasteiger partial charge in [-0.3, -0.25) is 4.79 Å². The fourth-order valence-electron chi connectivity index (χ4n) is 4.97. The van der Waals surface area contributed by atoms with Crippen LogP contribution in [0.25, 0.3) is 22.3 Å². The van der Waals surface area contributed by atoms with E-state index in [0.29, 0.717) is 39.0 Å². The fourth-order valence-corrected chi connectivity index (χ4v) is 5.82. The van der Waals surface area contributed by atoms with E-state index < -0.39 is 18.5 Å². The third-order valence-corrected chi connectivity index (χ3v) is 7.84. The SMILES string of the molecule is CNC(=O)c1c(-c2ccc(F)cc2)oc2cc(N(c3ccc4c(c3)COB4O)[S+](C)[O-])c(C3CC3)cc12. The van der Waals surface area contributed by atoms with Gasteiger partial charge in [-0.15, -0.1) is 0 Å². The Kier molecular flexibility index (Phi) is 5.99. The molecule has 1 aliphatic carbocycles. The summed E-state index contributed by atoms with van der Waals surface area (Å²) in [5.41, 5.74) is 5.39. The lowest BCUT2D eigenvalue weighted by Gasteiger charge is -2.26. The van der Waals surface area contributed by atoms with Crippen molar-refractivity contribution in [2.45, 2.75) is 25.4 Å². The van der Waals surface area contributed by atoms with Crippen LogP contribution in [0.5, 0.6) is 0 Å². The number of halogens is 1. The van der Waals surface area contributed by atoms with Gasteiger partial charge >= 0.3 is 7.12 Å². The number of fused-ring (bicyclic) bond motifs is 2. The molecule has 1 unspecified atom stereocenters. The Hall–Kier alpha value is -3.31. The lowest BCUT2D eigenvalue weighted by molar-refractivity contribution is 0.0964. The summed E-state index contributed by atoms with van der Waals surface area (Å²) in [7, 11) is 0.599. The second kappa shape index (κ2) is 9.22. The highest BCUT2D eigenvalue weighted by molar-refractivity contribution is 7.92. The van der Waals surface area contributed by atoms with Crippen molar-refractivity contribution in [3.8, 4) is 11.3 Å². The molecule has 10 heteroatoms. The van der Waals surface area contributed by atoms with Gasteiger partial charge in [0, 0.05) is 24.1 Å². The number of furan rings is 1. The minimum atomic E-state index is -1.43. The van der Waals surface area contributed by atoms with Crippen molar-refractivity contribution in [1.82, 2.24) is 5.32 Å². The van der Waals surface area contributed by atoms with Crippen molar-refractivity contribution in [2.75, 3.05) is 17.6 Å². The van der Waals surface area contributed by atoms with Gasteiger partial charge in [0.05, 0.1) is 34.9 Å². The topological polar surface area (TPSA) is 98.0 Å². The molecule has 1 atom stereocenters. The van der Waals surface area contributed by atoms with E-state index in [-0.39, 0.29) is 24.2 Å². The number of nitrogens with zero attached hydrogens (tertiary/aromatic N) is 1. The molecule has 0 spiro atoms. The second-order valence-corrected chi connectivity index (χ2v) is 10.6. The maximum atomic E-state index is 13.6. The standard InChI is InChI=1S/C27H24BFN2O5S/c1-30-27(32)25-21-12-20(15-3-4-15)23(13-24(21)36-26(25)16-5-7-18(29)8-6-16)31(37(2)34)19-9-10-22-17(11-19)14-35-28(22)33/h5-13,15,33H,3-4,14H2,1-2H3,(H,30,32). The molecule has 1 amide bonds. The van der Waals surface area contributed by atoms with Crippen LogP contribution in [0.2, 0.25) is 0 Å². The molecule has 1 aliphatic heterocycles. The fraction of sp³-hybridized carbons (Fsp3) is 0.222. The van der Waals surface area contributed by atoms with Crippen LogP contribution in [0.3, 0.4) is 0 Å². The van der Waals surface area contributed by atoms with E-state index in [1.807, 2.05) is 24.3 Å². The Morgan fingerprint density at radius 3 is 2.62 bits per heavy atom. The summed E-state index contributed by atoms with van der Waals surface area (Å²) in [5.74, 6) is -0.0681. The van der Waals surface area contributed by atoms with Crippen LogP contribution < -0.4 is 15.1 Å². The molecular weight excluding hydrogens is 494 g/mol. The molecule has 2 heterocycles. The van der Waals surface area contributed by atoms with Crippen molar-refractivity contribution < 1.29 is 27.8 Å². The van der Waals surface area contributed by atoms with Crippen LogP contribution in [-0.4, -0.2) is 35.9 Å². The number of carbonyl (C=O) groups excluding carboxylic acids is 1. The van der Waals surface area contributed by atoms with E-state index in [9.17, 15) is 18.8 Å². The molecule has 1 saturated carbocycles.